The van der Waals surface area contributed by atoms with Crippen molar-refractivity contribution in [2.24, 2.45) is 0 Å². The molecule has 1 heterocycles. The first-order valence-electron chi connectivity index (χ1n) is 19.2. The molecule has 0 saturated carbocycles. The third-order valence-corrected chi connectivity index (χ3v) is 12.4. The van der Waals surface area contributed by atoms with Gasteiger partial charge in [-0.2, -0.15) is 0 Å². The van der Waals surface area contributed by atoms with E-state index in [4.69, 9.17) is 0 Å². The SMILES string of the molecule is c1ccc(-c2c(-c3ccccc3)c3cc(N(c4ccc(-c5cccc6c5sc5ccccc56)cc4)c4ccc5ccccc5c4)ccc3c3ccccc23)cc1. The van der Waals surface area contributed by atoms with Crippen LogP contribution in [0.5, 0.6) is 0 Å². The van der Waals surface area contributed by atoms with Gasteiger partial charge in [-0.25, -0.2) is 0 Å². The Bertz CT molecular complexity index is 3230. The first-order valence-corrected chi connectivity index (χ1v) is 20.0. The number of anilines is 3. The standard InChI is InChI=1S/C54H35NS/c1-3-15-38(16-4-1)52-48-22-10-9-20-45(48)46-33-32-43(35-50(46)53(52)39-17-5-2-6-18-39)55(42-31-26-36-14-7-8-19-40(36)34-42)41-29-27-37(28-30-41)44-23-13-24-49-47-21-11-12-25-51(47)56-54(44)49/h1-35H. The quantitative estimate of drug-likeness (QED) is 0.154. The maximum absolute atomic E-state index is 2.42. The van der Waals surface area contributed by atoms with Crippen LogP contribution < -0.4 is 4.90 Å². The molecular formula is C54H35NS. The third-order valence-electron chi connectivity index (χ3n) is 11.2. The summed E-state index contributed by atoms with van der Waals surface area (Å²) in [5, 5.41) is 10.1. The van der Waals surface area contributed by atoms with Gasteiger partial charge in [0.05, 0.1) is 0 Å². The summed E-state index contributed by atoms with van der Waals surface area (Å²) in [6.07, 6.45) is 0. The normalized spacial score (nSPS) is 11.6. The van der Waals surface area contributed by atoms with E-state index in [-0.39, 0.29) is 0 Å². The molecule has 0 atom stereocenters. The van der Waals surface area contributed by atoms with E-state index in [9.17, 15) is 0 Å². The van der Waals surface area contributed by atoms with Crippen LogP contribution in [0.4, 0.5) is 17.1 Å². The lowest BCUT2D eigenvalue weighted by atomic mass is 9.85. The highest BCUT2D eigenvalue weighted by Gasteiger charge is 2.21. The molecule has 11 rings (SSSR count). The molecule has 0 N–H and O–H groups in total. The van der Waals surface area contributed by atoms with Gasteiger partial charge in [0, 0.05) is 37.2 Å². The van der Waals surface area contributed by atoms with Crippen LogP contribution in [0.15, 0.2) is 212 Å². The summed E-state index contributed by atoms with van der Waals surface area (Å²) < 4.78 is 2.65. The Morgan fingerprint density at radius 3 is 1.62 bits per heavy atom. The van der Waals surface area contributed by atoms with Crippen molar-refractivity contribution in [3.05, 3.63) is 212 Å². The van der Waals surface area contributed by atoms with Gasteiger partial charge < -0.3 is 4.90 Å². The Hall–Kier alpha value is -7.00. The first-order chi connectivity index (χ1) is 27.8. The van der Waals surface area contributed by atoms with Crippen molar-refractivity contribution in [2.75, 3.05) is 4.90 Å². The molecule has 2 heteroatoms. The summed E-state index contributed by atoms with van der Waals surface area (Å²) in [6.45, 7) is 0. The largest absolute Gasteiger partial charge is 0.310 e. The van der Waals surface area contributed by atoms with Crippen LogP contribution in [0.2, 0.25) is 0 Å². The van der Waals surface area contributed by atoms with Gasteiger partial charge in [0.2, 0.25) is 0 Å². The van der Waals surface area contributed by atoms with Crippen molar-refractivity contribution in [1.82, 2.24) is 0 Å². The van der Waals surface area contributed by atoms with Crippen LogP contribution in [0.3, 0.4) is 0 Å². The van der Waals surface area contributed by atoms with E-state index in [0.29, 0.717) is 0 Å². The van der Waals surface area contributed by atoms with Gasteiger partial charge in [-0.15, -0.1) is 11.3 Å². The molecule has 10 aromatic carbocycles. The third kappa shape index (κ3) is 5.38. The highest BCUT2D eigenvalue weighted by molar-refractivity contribution is 7.26. The Labute approximate surface area is 330 Å². The van der Waals surface area contributed by atoms with Crippen molar-refractivity contribution in [1.29, 1.82) is 0 Å². The van der Waals surface area contributed by atoms with Crippen LogP contribution in [-0.4, -0.2) is 0 Å². The molecule has 0 saturated heterocycles. The first kappa shape index (κ1) is 32.4. The molecule has 0 unspecified atom stereocenters. The van der Waals surface area contributed by atoms with Crippen LogP contribution in [-0.2, 0) is 0 Å². The Balaban J connectivity index is 1.15. The van der Waals surface area contributed by atoms with Crippen LogP contribution in [0, 0.1) is 0 Å². The number of nitrogens with zero attached hydrogens (tertiary/aromatic N) is 1. The van der Waals surface area contributed by atoms with Gasteiger partial charge in [-0.1, -0.05) is 170 Å². The van der Waals surface area contributed by atoms with Crippen LogP contribution in [0.25, 0.3) is 85.9 Å². The second-order valence-corrected chi connectivity index (χ2v) is 15.5. The fourth-order valence-electron chi connectivity index (χ4n) is 8.66. The van der Waals surface area contributed by atoms with Gasteiger partial charge in [0.1, 0.15) is 0 Å². The maximum Gasteiger partial charge on any atom is 0.0468 e. The van der Waals surface area contributed by atoms with Crippen molar-refractivity contribution in [3.63, 3.8) is 0 Å². The van der Waals surface area contributed by atoms with Crippen molar-refractivity contribution < 1.29 is 0 Å². The number of rotatable bonds is 6. The zero-order chi connectivity index (χ0) is 37.0. The highest BCUT2D eigenvalue weighted by atomic mass is 32.1. The lowest BCUT2D eigenvalue weighted by Crippen LogP contribution is -2.10. The van der Waals surface area contributed by atoms with Crippen molar-refractivity contribution >= 4 is 80.9 Å². The molecule has 0 aliphatic rings. The second-order valence-electron chi connectivity index (χ2n) is 14.5. The summed E-state index contributed by atoms with van der Waals surface area (Å²) in [5.74, 6) is 0. The van der Waals surface area contributed by atoms with E-state index in [2.05, 4.69) is 217 Å². The number of benzene rings is 10. The number of fused-ring (bicyclic) bond motifs is 7. The van der Waals surface area contributed by atoms with Crippen molar-refractivity contribution in [3.8, 4) is 33.4 Å². The minimum Gasteiger partial charge on any atom is -0.310 e. The second kappa shape index (κ2) is 13.4. The summed E-state index contributed by atoms with van der Waals surface area (Å²) >= 11 is 1.88. The van der Waals surface area contributed by atoms with Gasteiger partial charge in [-0.3, -0.25) is 0 Å². The highest BCUT2D eigenvalue weighted by Crippen LogP contribution is 2.47. The number of thiophene rings is 1. The Morgan fingerprint density at radius 1 is 0.304 bits per heavy atom. The predicted molar refractivity (Wildman–Crippen MR) is 243 cm³/mol. The summed E-state index contributed by atoms with van der Waals surface area (Å²) in [4.78, 5) is 2.42. The molecule has 56 heavy (non-hydrogen) atoms. The fourth-order valence-corrected chi connectivity index (χ4v) is 9.89. The Kier molecular flexibility index (Phi) is 7.75. The molecule has 0 spiro atoms. The molecular weight excluding hydrogens is 695 g/mol. The molecule has 0 aliphatic carbocycles. The zero-order valence-corrected chi connectivity index (χ0v) is 31.4. The summed E-state index contributed by atoms with van der Waals surface area (Å²) in [5.41, 5.74) is 10.7. The van der Waals surface area contributed by atoms with Gasteiger partial charge in [0.25, 0.3) is 0 Å². The fraction of sp³-hybridized carbons (Fsp3) is 0. The van der Waals surface area contributed by atoms with Gasteiger partial charge in [0.15, 0.2) is 0 Å². The molecule has 0 amide bonds. The lowest BCUT2D eigenvalue weighted by Gasteiger charge is -2.27. The molecule has 1 aromatic heterocycles. The molecule has 0 aliphatic heterocycles. The summed E-state index contributed by atoms with van der Waals surface area (Å²) in [6, 6.07) is 77.7. The van der Waals surface area contributed by atoms with Gasteiger partial charge >= 0.3 is 0 Å². The van der Waals surface area contributed by atoms with E-state index < -0.39 is 0 Å². The van der Waals surface area contributed by atoms with E-state index >= 15 is 0 Å². The molecule has 11 aromatic rings. The average Bonchev–Trinajstić information content (AvgIpc) is 3.66. The monoisotopic (exact) mass is 729 g/mol. The van der Waals surface area contributed by atoms with Gasteiger partial charge in [-0.05, 0) is 108 Å². The number of hydrogen-bond donors (Lipinski definition) is 0. The molecule has 262 valence electrons. The van der Waals surface area contributed by atoms with Crippen LogP contribution >= 0.6 is 11.3 Å². The minimum atomic E-state index is 1.11. The topological polar surface area (TPSA) is 3.24 Å². The number of hydrogen-bond acceptors (Lipinski definition) is 2. The Morgan fingerprint density at radius 2 is 0.857 bits per heavy atom. The van der Waals surface area contributed by atoms with Crippen molar-refractivity contribution in [2.45, 2.75) is 0 Å². The average molecular weight is 730 g/mol. The zero-order valence-electron chi connectivity index (χ0n) is 30.6. The molecule has 0 radical (unpaired) electrons. The molecule has 0 fully saturated rings. The van der Waals surface area contributed by atoms with E-state index in [1.165, 1.54) is 85.9 Å². The lowest BCUT2D eigenvalue weighted by molar-refractivity contribution is 1.29. The maximum atomic E-state index is 2.42. The predicted octanol–water partition coefficient (Wildman–Crippen LogP) is 16.0. The summed E-state index contributed by atoms with van der Waals surface area (Å²) in [7, 11) is 0. The molecule has 1 nitrogen and oxygen atoms in total. The van der Waals surface area contributed by atoms with E-state index in [0.717, 1.165) is 17.1 Å². The smallest absolute Gasteiger partial charge is 0.0468 e. The van der Waals surface area contributed by atoms with Crippen LogP contribution in [0.1, 0.15) is 0 Å². The van der Waals surface area contributed by atoms with E-state index in [1.807, 2.05) is 11.3 Å². The molecule has 0 bridgehead atoms. The minimum absolute atomic E-state index is 1.11. The van der Waals surface area contributed by atoms with E-state index in [1.54, 1.807) is 0 Å².